The van der Waals surface area contributed by atoms with Crippen LogP contribution in [0, 0.1) is 0 Å². The van der Waals surface area contributed by atoms with E-state index in [1.165, 1.54) is 4.90 Å². The lowest BCUT2D eigenvalue weighted by Crippen LogP contribution is -1.78. The fourth-order valence-corrected chi connectivity index (χ4v) is 2.37. The van der Waals surface area contributed by atoms with Crippen molar-refractivity contribution in [3.8, 4) is 0 Å². The summed E-state index contributed by atoms with van der Waals surface area (Å²) >= 11 is 5.16. The molecule has 0 fully saturated rings. The van der Waals surface area contributed by atoms with E-state index in [1.54, 1.807) is 18.0 Å². The fourth-order valence-electron chi connectivity index (χ4n) is 1.05. The highest BCUT2D eigenvalue weighted by atomic mass is 79.9. The van der Waals surface area contributed by atoms with Gasteiger partial charge in [-0.3, -0.25) is 0 Å². The lowest BCUT2D eigenvalue weighted by molar-refractivity contribution is 1.13. The second-order valence-electron chi connectivity index (χ2n) is 2.70. The number of rotatable bonds is 2. The molecule has 0 unspecified atom stereocenters. The van der Waals surface area contributed by atoms with Gasteiger partial charge in [-0.2, -0.15) is 0 Å². The molecule has 0 aliphatic heterocycles. The largest absolute Gasteiger partial charge is 0.250 e. The van der Waals surface area contributed by atoms with E-state index in [0.29, 0.717) is 0 Å². The second-order valence-corrected chi connectivity index (χ2v) is 4.62. The Kier molecular flexibility index (Phi) is 3.22. The molecule has 1 aromatic heterocycles. The van der Waals surface area contributed by atoms with Gasteiger partial charge in [-0.1, -0.05) is 30.0 Å². The topological polar surface area (TPSA) is 12.9 Å². The summed E-state index contributed by atoms with van der Waals surface area (Å²) in [5, 5.41) is 1.01. The smallest absolute Gasteiger partial charge is 0.101 e. The molecule has 0 bridgehead atoms. The summed E-state index contributed by atoms with van der Waals surface area (Å²) in [5.41, 5.74) is 0. The molecule has 0 saturated carbocycles. The third-order valence-electron chi connectivity index (χ3n) is 1.69. The van der Waals surface area contributed by atoms with Crippen molar-refractivity contribution in [3.63, 3.8) is 0 Å². The van der Waals surface area contributed by atoms with Gasteiger partial charge in [0.05, 0.1) is 0 Å². The van der Waals surface area contributed by atoms with Crippen LogP contribution >= 0.6 is 27.7 Å². The first-order chi connectivity index (χ1) is 6.86. The summed E-state index contributed by atoms with van der Waals surface area (Å²) < 4.78 is 1.11. The fraction of sp³-hybridized carbons (Fsp3) is 0. The van der Waals surface area contributed by atoms with Gasteiger partial charge in [-0.15, -0.1) is 0 Å². The van der Waals surface area contributed by atoms with E-state index in [9.17, 15) is 0 Å². The second kappa shape index (κ2) is 4.62. The Balaban J connectivity index is 2.24. The molecule has 2 aromatic rings. The van der Waals surface area contributed by atoms with Crippen LogP contribution in [-0.4, -0.2) is 4.98 Å². The average Bonchev–Trinajstić information content (AvgIpc) is 2.23. The van der Waals surface area contributed by atoms with Gasteiger partial charge in [-0.25, -0.2) is 4.98 Å². The van der Waals surface area contributed by atoms with Crippen molar-refractivity contribution in [1.82, 2.24) is 4.98 Å². The summed E-state index contributed by atoms with van der Waals surface area (Å²) in [6, 6.07) is 14.1. The van der Waals surface area contributed by atoms with Crippen LogP contribution in [0.5, 0.6) is 0 Å². The predicted octanol–water partition coefficient (Wildman–Crippen LogP) is 4.00. The molecule has 70 valence electrons. The summed E-state index contributed by atoms with van der Waals surface area (Å²) in [5.74, 6) is 0. The van der Waals surface area contributed by atoms with Gasteiger partial charge < -0.3 is 0 Å². The Morgan fingerprint density at radius 2 is 1.79 bits per heavy atom. The SMILES string of the molecule is Brc1ccccc1Sc1ccccn1. The Bertz CT molecular complexity index is 417. The van der Waals surface area contributed by atoms with Gasteiger partial charge in [0.15, 0.2) is 0 Å². The van der Waals surface area contributed by atoms with E-state index in [0.717, 1.165) is 9.50 Å². The minimum Gasteiger partial charge on any atom is -0.250 e. The maximum Gasteiger partial charge on any atom is 0.101 e. The molecule has 0 amide bonds. The molecule has 1 nitrogen and oxygen atoms in total. The van der Waals surface area contributed by atoms with Gasteiger partial charge >= 0.3 is 0 Å². The third kappa shape index (κ3) is 2.36. The molecular formula is C11H8BrNS. The normalized spacial score (nSPS) is 10.1. The number of hydrogen-bond acceptors (Lipinski definition) is 2. The molecule has 0 aliphatic carbocycles. The number of aromatic nitrogens is 1. The number of pyridine rings is 1. The van der Waals surface area contributed by atoms with E-state index in [4.69, 9.17) is 0 Å². The molecule has 0 atom stereocenters. The molecule has 1 aromatic carbocycles. The lowest BCUT2D eigenvalue weighted by Gasteiger charge is -2.01. The molecule has 0 aliphatic rings. The molecule has 2 rings (SSSR count). The Labute approximate surface area is 95.7 Å². The Hall–Kier alpha value is -0.800. The standard InChI is InChI=1S/C11H8BrNS/c12-9-5-1-2-6-10(9)14-11-7-3-4-8-13-11/h1-8H. The average molecular weight is 266 g/mol. The number of benzene rings is 1. The van der Waals surface area contributed by atoms with Crippen molar-refractivity contribution in [3.05, 3.63) is 53.1 Å². The Morgan fingerprint density at radius 1 is 1.00 bits per heavy atom. The van der Waals surface area contributed by atoms with E-state index < -0.39 is 0 Å². The monoisotopic (exact) mass is 265 g/mol. The molecule has 14 heavy (non-hydrogen) atoms. The number of hydrogen-bond donors (Lipinski definition) is 0. The zero-order chi connectivity index (χ0) is 9.80. The molecule has 0 radical (unpaired) electrons. The highest BCUT2D eigenvalue weighted by Crippen LogP contribution is 2.31. The van der Waals surface area contributed by atoms with Crippen LogP contribution in [0.15, 0.2) is 63.1 Å². The van der Waals surface area contributed by atoms with Crippen LogP contribution in [0.3, 0.4) is 0 Å². The van der Waals surface area contributed by atoms with Crippen molar-refractivity contribution < 1.29 is 0 Å². The highest BCUT2D eigenvalue weighted by molar-refractivity contribution is 9.10. The first-order valence-electron chi connectivity index (χ1n) is 4.20. The number of nitrogens with zero attached hydrogens (tertiary/aromatic N) is 1. The van der Waals surface area contributed by atoms with Crippen LogP contribution in [0.4, 0.5) is 0 Å². The molecule has 3 heteroatoms. The number of halogens is 1. The van der Waals surface area contributed by atoms with Crippen molar-refractivity contribution in [2.24, 2.45) is 0 Å². The van der Waals surface area contributed by atoms with E-state index in [-0.39, 0.29) is 0 Å². The van der Waals surface area contributed by atoms with E-state index in [2.05, 4.69) is 27.0 Å². The third-order valence-corrected chi connectivity index (χ3v) is 3.67. The van der Waals surface area contributed by atoms with E-state index in [1.807, 2.05) is 36.4 Å². The lowest BCUT2D eigenvalue weighted by atomic mass is 10.4. The maximum absolute atomic E-state index is 4.26. The molecule has 1 heterocycles. The van der Waals surface area contributed by atoms with Gasteiger partial charge in [0.1, 0.15) is 5.03 Å². The highest BCUT2D eigenvalue weighted by Gasteiger charge is 2.00. The van der Waals surface area contributed by atoms with Crippen LogP contribution in [0.1, 0.15) is 0 Å². The zero-order valence-corrected chi connectivity index (χ0v) is 9.75. The van der Waals surface area contributed by atoms with Crippen LogP contribution in [0.2, 0.25) is 0 Å². The molecule has 0 spiro atoms. The van der Waals surface area contributed by atoms with Crippen LogP contribution in [0.25, 0.3) is 0 Å². The molecule has 0 saturated heterocycles. The van der Waals surface area contributed by atoms with Gasteiger partial charge in [0.25, 0.3) is 0 Å². The van der Waals surface area contributed by atoms with Gasteiger partial charge in [0.2, 0.25) is 0 Å². The summed E-state index contributed by atoms with van der Waals surface area (Å²) in [6.45, 7) is 0. The first-order valence-corrected chi connectivity index (χ1v) is 5.80. The van der Waals surface area contributed by atoms with Crippen molar-refractivity contribution in [2.75, 3.05) is 0 Å². The quantitative estimate of drug-likeness (QED) is 0.815. The summed E-state index contributed by atoms with van der Waals surface area (Å²) in [4.78, 5) is 5.44. The first kappa shape index (κ1) is 9.74. The maximum atomic E-state index is 4.26. The molecular weight excluding hydrogens is 258 g/mol. The minimum atomic E-state index is 1.01. The van der Waals surface area contributed by atoms with Crippen molar-refractivity contribution >= 4 is 27.7 Å². The molecule has 0 N–H and O–H groups in total. The van der Waals surface area contributed by atoms with E-state index >= 15 is 0 Å². The van der Waals surface area contributed by atoms with Crippen molar-refractivity contribution in [1.29, 1.82) is 0 Å². The van der Waals surface area contributed by atoms with Crippen LogP contribution < -0.4 is 0 Å². The van der Waals surface area contributed by atoms with Crippen LogP contribution in [-0.2, 0) is 0 Å². The minimum absolute atomic E-state index is 1.01. The zero-order valence-electron chi connectivity index (χ0n) is 7.35. The summed E-state index contributed by atoms with van der Waals surface area (Å²) in [7, 11) is 0. The van der Waals surface area contributed by atoms with Crippen molar-refractivity contribution in [2.45, 2.75) is 9.92 Å². The predicted molar refractivity (Wildman–Crippen MR) is 62.5 cm³/mol. The van der Waals surface area contributed by atoms with Gasteiger partial charge in [0, 0.05) is 15.6 Å². The Morgan fingerprint density at radius 3 is 2.50 bits per heavy atom. The summed E-state index contributed by atoms with van der Waals surface area (Å²) in [6.07, 6.45) is 1.80. The van der Waals surface area contributed by atoms with Gasteiger partial charge in [-0.05, 0) is 40.2 Å².